The fraction of sp³-hybridized carbons (Fsp3) is 0.462. The Labute approximate surface area is 126 Å². The van der Waals surface area contributed by atoms with Crippen LogP contribution in [0.5, 0.6) is 0 Å². The summed E-state index contributed by atoms with van der Waals surface area (Å²) in [5.41, 5.74) is -0.0356. The molecule has 0 radical (unpaired) electrons. The maximum absolute atomic E-state index is 12.6. The van der Waals surface area contributed by atoms with Gasteiger partial charge in [0.2, 0.25) is 10.0 Å². The molecular formula is C13H16BrNO4S. The second-order valence-corrected chi connectivity index (χ2v) is 7.73. The number of hydrogen-bond acceptors (Lipinski definition) is 3. The Morgan fingerprint density at radius 3 is 2.50 bits per heavy atom. The van der Waals surface area contributed by atoms with Crippen molar-refractivity contribution in [3.05, 3.63) is 28.2 Å². The summed E-state index contributed by atoms with van der Waals surface area (Å²) >= 11 is 3.19. The number of halogens is 1. The molecule has 0 heterocycles. The highest BCUT2D eigenvalue weighted by Gasteiger charge is 2.31. The van der Waals surface area contributed by atoms with Crippen molar-refractivity contribution in [2.45, 2.75) is 36.6 Å². The lowest BCUT2D eigenvalue weighted by atomic mass is 10.2. The first kappa shape index (κ1) is 15.5. The normalized spacial score (nSPS) is 16.8. The first-order valence-corrected chi connectivity index (χ1v) is 8.58. The summed E-state index contributed by atoms with van der Waals surface area (Å²) in [4.78, 5) is 11.0. The molecule has 0 saturated heterocycles. The molecule has 0 aromatic heterocycles. The lowest BCUT2D eigenvalue weighted by Crippen LogP contribution is -2.35. The Morgan fingerprint density at radius 2 is 1.95 bits per heavy atom. The van der Waals surface area contributed by atoms with Crippen LogP contribution in [-0.2, 0) is 10.0 Å². The van der Waals surface area contributed by atoms with Gasteiger partial charge in [0.1, 0.15) is 0 Å². The molecule has 0 bridgehead atoms. The van der Waals surface area contributed by atoms with E-state index in [0.29, 0.717) is 4.47 Å². The molecule has 2 rings (SSSR count). The lowest BCUT2D eigenvalue weighted by Gasteiger charge is -2.24. The van der Waals surface area contributed by atoms with Crippen molar-refractivity contribution >= 4 is 31.9 Å². The van der Waals surface area contributed by atoms with Crippen molar-refractivity contribution in [3.63, 3.8) is 0 Å². The van der Waals surface area contributed by atoms with E-state index in [4.69, 9.17) is 5.11 Å². The molecule has 1 aromatic rings. The second-order valence-electron chi connectivity index (χ2n) is 4.91. The molecule has 1 N–H and O–H groups in total. The summed E-state index contributed by atoms with van der Waals surface area (Å²) in [6, 6.07) is 4.04. The molecule has 0 spiro atoms. The van der Waals surface area contributed by atoms with Crippen molar-refractivity contribution in [1.29, 1.82) is 0 Å². The minimum atomic E-state index is -3.69. The van der Waals surface area contributed by atoms with Gasteiger partial charge in [-0.2, -0.15) is 4.31 Å². The van der Waals surface area contributed by atoms with Gasteiger partial charge in [-0.25, -0.2) is 13.2 Å². The van der Waals surface area contributed by atoms with Crippen LogP contribution in [-0.4, -0.2) is 36.9 Å². The number of hydrogen-bond donors (Lipinski definition) is 1. The Morgan fingerprint density at radius 1 is 1.35 bits per heavy atom. The van der Waals surface area contributed by atoms with E-state index < -0.39 is 16.0 Å². The van der Waals surface area contributed by atoms with Crippen LogP contribution in [0.4, 0.5) is 0 Å². The van der Waals surface area contributed by atoms with Gasteiger partial charge in [-0.1, -0.05) is 12.8 Å². The van der Waals surface area contributed by atoms with E-state index in [1.807, 2.05) is 0 Å². The van der Waals surface area contributed by atoms with E-state index in [0.717, 1.165) is 25.7 Å². The molecule has 1 saturated carbocycles. The number of carboxylic acids is 1. The van der Waals surface area contributed by atoms with Crippen LogP contribution < -0.4 is 0 Å². The fourth-order valence-electron chi connectivity index (χ4n) is 2.45. The van der Waals surface area contributed by atoms with Gasteiger partial charge in [-0.3, -0.25) is 0 Å². The van der Waals surface area contributed by atoms with E-state index in [2.05, 4.69) is 15.9 Å². The predicted octanol–water partition coefficient (Wildman–Crippen LogP) is 2.71. The van der Waals surface area contributed by atoms with E-state index in [9.17, 15) is 13.2 Å². The number of rotatable bonds is 4. The summed E-state index contributed by atoms with van der Waals surface area (Å²) in [5, 5.41) is 8.99. The number of benzene rings is 1. The summed E-state index contributed by atoms with van der Waals surface area (Å²) in [7, 11) is -2.13. The molecule has 0 unspecified atom stereocenters. The lowest BCUT2D eigenvalue weighted by molar-refractivity contribution is 0.0696. The summed E-state index contributed by atoms with van der Waals surface area (Å²) in [6.45, 7) is 0. The monoisotopic (exact) mass is 361 g/mol. The summed E-state index contributed by atoms with van der Waals surface area (Å²) in [5.74, 6) is -1.14. The highest BCUT2D eigenvalue weighted by molar-refractivity contribution is 9.10. The molecule has 0 atom stereocenters. The zero-order valence-corrected chi connectivity index (χ0v) is 13.4. The Bertz CT molecular complexity index is 623. The zero-order valence-electron chi connectivity index (χ0n) is 11.0. The number of carbonyl (C=O) groups is 1. The molecule has 0 aliphatic heterocycles. The van der Waals surface area contributed by atoms with Crippen molar-refractivity contribution in [3.8, 4) is 0 Å². The molecule has 1 fully saturated rings. The third-order valence-corrected chi connectivity index (χ3v) is 6.58. The predicted molar refractivity (Wildman–Crippen MR) is 78.3 cm³/mol. The van der Waals surface area contributed by atoms with Crippen LogP contribution in [0.25, 0.3) is 0 Å². The summed E-state index contributed by atoms with van der Waals surface area (Å²) < 4.78 is 27.0. The number of aromatic carboxylic acids is 1. The SMILES string of the molecule is CN(C1CCCC1)S(=O)(=O)c1cc(C(=O)O)ccc1Br. The molecule has 1 aromatic carbocycles. The van der Waals surface area contributed by atoms with Gasteiger partial charge in [0.15, 0.2) is 0 Å². The fourth-order valence-corrected chi connectivity index (χ4v) is 4.82. The van der Waals surface area contributed by atoms with Crippen molar-refractivity contribution < 1.29 is 18.3 Å². The van der Waals surface area contributed by atoms with Gasteiger partial charge in [0, 0.05) is 17.6 Å². The minimum absolute atomic E-state index is 0.000356. The van der Waals surface area contributed by atoms with E-state index >= 15 is 0 Å². The van der Waals surface area contributed by atoms with Gasteiger partial charge in [-0.05, 0) is 47.0 Å². The van der Waals surface area contributed by atoms with E-state index in [-0.39, 0.29) is 16.5 Å². The van der Waals surface area contributed by atoms with Gasteiger partial charge in [0.25, 0.3) is 0 Å². The molecule has 1 aliphatic carbocycles. The third-order valence-electron chi connectivity index (χ3n) is 3.67. The van der Waals surface area contributed by atoms with Crippen LogP contribution in [0.15, 0.2) is 27.6 Å². The molecule has 1 aliphatic rings. The van der Waals surface area contributed by atoms with Crippen LogP contribution in [0.1, 0.15) is 36.0 Å². The van der Waals surface area contributed by atoms with Crippen molar-refractivity contribution in [1.82, 2.24) is 4.31 Å². The van der Waals surface area contributed by atoms with Gasteiger partial charge in [-0.15, -0.1) is 0 Å². The number of sulfonamides is 1. The highest BCUT2D eigenvalue weighted by atomic mass is 79.9. The van der Waals surface area contributed by atoms with Gasteiger partial charge < -0.3 is 5.11 Å². The molecule has 0 amide bonds. The van der Waals surface area contributed by atoms with E-state index in [1.165, 1.54) is 22.5 Å². The Kier molecular flexibility index (Phi) is 4.51. The van der Waals surface area contributed by atoms with Gasteiger partial charge >= 0.3 is 5.97 Å². The Hall–Kier alpha value is -0.920. The summed E-state index contributed by atoms with van der Waals surface area (Å²) in [6.07, 6.45) is 3.76. The van der Waals surface area contributed by atoms with E-state index in [1.54, 1.807) is 7.05 Å². The largest absolute Gasteiger partial charge is 0.478 e. The molecule has 110 valence electrons. The highest BCUT2D eigenvalue weighted by Crippen LogP contribution is 2.31. The third kappa shape index (κ3) is 2.89. The maximum Gasteiger partial charge on any atom is 0.335 e. The van der Waals surface area contributed by atoms with Crippen LogP contribution in [0.2, 0.25) is 0 Å². The first-order chi connectivity index (χ1) is 9.34. The Balaban J connectivity index is 2.42. The standard InChI is InChI=1S/C13H16BrNO4S/c1-15(10-4-2-3-5-10)20(18,19)12-8-9(13(16)17)6-7-11(12)14/h6-8,10H,2-5H2,1H3,(H,16,17). The molecule has 20 heavy (non-hydrogen) atoms. The topological polar surface area (TPSA) is 74.7 Å². The zero-order chi connectivity index (χ0) is 14.9. The average molecular weight is 362 g/mol. The quantitative estimate of drug-likeness (QED) is 0.894. The molecular weight excluding hydrogens is 346 g/mol. The van der Waals surface area contributed by atoms with Crippen molar-refractivity contribution in [2.75, 3.05) is 7.05 Å². The number of carboxylic acid groups (broad SMARTS) is 1. The maximum atomic E-state index is 12.6. The average Bonchev–Trinajstić information content (AvgIpc) is 2.91. The van der Waals surface area contributed by atoms with Crippen LogP contribution in [0, 0.1) is 0 Å². The first-order valence-electron chi connectivity index (χ1n) is 6.35. The van der Waals surface area contributed by atoms with Crippen molar-refractivity contribution in [2.24, 2.45) is 0 Å². The smallest absolute Gasteiger partial charge is 0.335 e. The molecule has 7 heteroatoms. The van der Waals surface area contributed by atoms with Crippen LogP contribution >= 0.6 is 15.9 Å². The minimum Gasteiger partial charge on any atom is -0.478 e. The van der Waals surface area contributed by atoms with Gasteiger partial charge in [0.05, 0.1) is 10.5 Å². The van der Waals surface area contributed by atoms with Crippen LogP contribution in [0.3, 0.4) is 0 Å². The molecule has 5 nitrogen and oxygen atoms in total. The number of nitrogens with zero attached hydrogens (tertiary/aromatic N) is 1. The second kappa shape index (κ2) is 5.83.